The van der Waals surface area contributed by atoms with Crippen molar-refractivity contribution in [2.45, 2.75) is 18.7 Å². The molecule has 0 bridgehead atoms. The molecule has 0 aliphatic heterocycles. The Kier molecular flexibility index (Phi) is 4.08. The van der Waals surface area contributed by atoms with Gasteiger partial charge < -0.3 is 14.0 Å². The number of sulfonamides is 1. The maximum absolute atomic E-state index is 12.5. The van der Waals surface area contributed by atoms with Crippen LogP contribution >= 0.6 is 0 Å². The third-order valence-electron chi connectivity index (χ3n) is 3.04. The highest BCUT2D eigenvalue weighted by atomic mass is 32.2. The molecule has 1 N–H and O–H groups in total. The monoisotopic (exact) mass is 312 g/mol. The molecule has 0 spiro atoms. The number of hydrogen-bond acceptors (Lipinski definition) is 6. The maximum atomic E-state index is 12.5. The van der Waals surface area contributed by atoms with E-state index in [0.717, 1.165) is 0 Å². The van der Waals surface area contributed by atoms with Gasteiger partial charge in [0.25, 0.3) is 10.0 Å². The number of aromatic nitrogens is 1. The summed E-state index contributed by atoms with van der Waals surface area (Å²) in [5.74, 6) is 0.691. The van der Waals surface area contributed by atoms with Crippen LogP contribution in [-0.2, 0) is 10.0 Å². The average molecular weight is 312 g/mol. The van der Waals surface area contributed by atoms with Crippen LogP contribution in [0.1, 0.15) is 11.3 Å². The third-order valence-corrected chi connectivity index (χ3v) is 4.40. The van der Waals surface area contributed by atoms with E-state index in [0.29, 0.717) is 17.0 Å². The number of methoxy groups -OCH3 is 2. The lowest BCUT2D eigenvalue weighted by atomic mass is 10.3. The molecule has 0 aliphatic rings. The fraction of sp³-hybridized carbons (Fsp3) is 0.308. The Morgan fingerprint density at radius 2 is 1.90 bits per heavy atom. The summed E-state index contributed by atoms with van der Waals surface area (Å²) in [6, 6.07) is 4.51. The summed E-state index contributed by atoms with van der Waals surface area (Å²) in [5, 5.41) is 3.71. The second kappa shape index (κ2) is 5.65. The van der Waals surface area contributed by atoms with Gasteiger partial charge in [0.2, 0.25) is 5.88 Å². The SMILES string of the molecule is COc1ccc(OC)c(S(=O)(=O)Nc2onc(C)c2C)c1. The molecule has 7 nitrogen and oxygen atoms in total. The van der Waals surface area contributed by atoms with Gasteiger partial charge >= 0.3 is 0 Å². The van der Waals surface area contributed by atoms with E-state index in [1.54, 1.807) is 19.9 Å². The lowest BCUT2D eigenvalue weighted by Crippen LogP contribution is -2.14. The number of aryl methyl sites for hydroxylation is 1. The van der Waals surface area contributed by atoms with Gasteiger partial charge in [-0.3, -0.25) is 0 Å². The first-order valence-corrected chi connectivity index (χ1v) is 7.55. The van der Waals surface area contributed by atoms with Crippen molar-refractivity contribution < 1.29 is 22.4 Å². The molecule has 8 heteroatoms. The molecule has 2 aromatic rings. The molecule has 0 amide bonds. The molecule has 1 aromatic heterocycles. The molecule has 0 fully saturated rings. The van der Waals surface area contributed by atoms with Crippen molar-refractivity contribution in [3.8, 4) is 11.5 Å². The number of benzene rings is 1. The highest BCUT2D eigenvalue weighted by molar-refractivity contribution is 7.92. The zero-order chi connectivity index (χ0) is 15.6. The zero-order valence-corrected chi connectivity index (χ0v) is 12.9. The minimum Gasteiger partial charge on any atom is -0.497 e. The predicted molar refractivity (Wildman–Crippen MR) is 76.3 cm³/mol. The Bertz CT molecular complexity index is 752. The van der Waals surface area contributed by atoms with Crippen molar-refractivity contribution in [1.82, 2.24) is 5.16 Å². The highest BCUT2D eigenvalue weighted by Gasteiger charge is 2.23. The van der Waals surface area contributed by atoms with E-state index in [1.165, 1.54) is 26.4 Å². The smallest absolute Gasteiger partial charge is 0.268 e. The van der Waals surface area contributed by atoms with Crippen LogP contribution in [0.4, 0.5) is 5.88 Å². The van der Waals surface area contributed by atoms with E-state index in [9.17, 15) is 8.42 Å². The third kappa shape index (κ3) is 2.94. The zero-order valence-electron chi connectivity index (χ0n) is 12.1. The van der Waals surface area contributed by atoms with E-state index < -0.39 is 10.0 Å². The minimum atomic E-state index is -3.89. The van der Waals surface area contributed by atoms with Crippen LogP contribution in [0, 0.1) is 13.8 Å². The van der Waals surface area contributed by atoms with Crippen LogP contribution in [0.5, 0.6) is 11.5 Å². The molecule has 0 unspecified atom stereocenters. The fourth-order valence-electron chi connectivity index (χ4n) is 1.68. The molecule has 1 heterocycles. The summed E-state index contributed by atoms with van der Waals surface area (Å²) < 4.78 is 42.4. The van der Waals surface area contributed by atoms with Crippen LogP contribution in [-0.4, -0.2) is 27.8 Å². The van der Waals surface area contributed by atoms with Gasteiger partial charge in [-0.1, -0.05) is 5.16 Å². The van der Waals surface area contributed by atoms with Gasteiger partial charge in [-0.15, -0.1) is 0 Å². The molecule has 21 heavy (non-hydrogen) atoms. The van der Waals surface area contributed by atoms with E-state index >= 15 is 0 Å². The molecule has 0 saturated carbocycles. The van der Waals surface area contributed by atoms with E-state index in [1.807, 2.05) is 0 Å². The number of anilines is 1. The molecule has 1 aromatic carbocycles. The Morgan fingerprint density at radius 1 is 1.19 bits per heavy atom. The second-order valence-electron chi connectivity index (χ2n) is 4.34. The van der Waals surface area contributed by atoms with Crippen LogP contribution in [0.3, 0.4) is 0 Å². The standard InChI is InChI=1S/C13H16N2O5S/c1-8-9(2)14-20-13(8)15-21(16,17)12-7-10(18-3)5-6-11(12)19-4/h5-7,15H,1-4H3. The fourth-order valence-corrected chi connectivity index (χ4v) is 2.91. The van der Waals surface area contributed by atoms with E-state index in [-0.39, 0.29) is 16.5 Å². The quantitative estimate of drug-likeness (QED) is 0.909. The lowest BCUT2D eigenvalue weighted by Gasteiger charge is -2.11. The lowest BCUT2D eigenvalue weighted by molar-refractivity contribution is 0.392. The van der Waals surface area contributed by atoms with Crippen molar-refractivity contribution >= 4 is 15.9 Å². The number of rotatable bonds is 5. The molecule has 0 atom stereocenters. The Balaban J connectivity index is 2.46. The van der Waals surface area contributed by atoms with Gasteiger partial charge in [0.15, 0.2) is 0 Å². The van der Waals surface area contributed by atoms with E-state index in [4.69, 9.17) is 14.0 Å². The molecular weight excluding hydrogens is 296 g/mol. The summed E-state index contributed by atoms with van der Waals surface area (Å²) in [6.45, 7) is 3.44. The van der Waals surface area contributed by atoms with Gasteiger partial charge in [-0.2, -0.15) is 0 Å². The largest absolute Gasteiger partial charge is 0.497 e. The molecule has 0 aliphatic carbocycles. The van der Waals surface area contributed by atoms with Crippen molar-refractivity contribution in [3.63, 3.8) is 0 Å². The van der Waals surface area contributed by atoms with Crippen LogP contribution in [0.15, 0.2) is 27.6 Å². The Hall–Kier alpha value is -2.22. The van der Waals surface area contributed by atoms with Crippen LogP contribution in [0.25, 0.3) is 0 Å². The molecule has 0 radical (unpaired) electrons. The number of hydrogen-bond donors (Lipinski definition) is 1. The van der Waals surface area contributed by atoms with Gasteiger partial charge in [0.05, 0.1) is 19.9 Å². The second-order valence-corrected chi connectivity index (χ2v) is 6.00. The van der Waals surface area contributed by atoms with Crippen LogP contribution < -0.4 is 14.2 Å². The first-order chi connectivity index (χ1) is 9.89. The van der Waals surface area contributed by atoms with Crippen LogP contribution in [0.2, 0.25) is 0 Å². The first-order valence-electron chi connectivity index (χ1n) is 6.06. The number of nitrogens with one attached hydrogen (secondary N) is 1. The Labute approximate surface area is 122 Å². The molecule has 0 saturated heterocycles. The molecule has 2 rings (SSSR count). The summed E-state index contributed by atoms with van der Waals surface area (Å²) >= 11 is 0. The summed E-state index contributed by atoms with van der Waals surface area (Å²) in [6.07, 6.45) is 0. The summed E-state index contributed by atoms with van der Waals surface area (Å²) in [5.41, 5.74) is 1.24. The number of ether oxygens (including phenoxy) is 2. The van der Waals surface area contributed by atoms with E-state index in [2.05, 4.69) is 9.88 Å². The summed E-state index contributed by atoms with van der Waals surface area (Å²) in [4.78, 5) is -0.0437. The van der Waals surface area contributed by atoms with Gasteiger partial charge in [-0.05, 0) is 26.0 Å². The van der Waals surface area contributed by atoms with Crippen molar-refractivity contribution in [2.75, 3.05) is 18.9 Å². The predicted octanol–water partition coefficient (Wildman–Crippen LogP) is 2.11. The van der Waals surface area contributed by atoms with Gasteiger partial charge in [0.1, 0.15) is 16.4 Å². The number of nitrogens with zero attached hydrogens (tertiary/aromatic N) is 1. The first kappa shape index (κ1) is 15.2. The van der Waals surface area contributed by atoms with Gasteiger partial charge in [-0.25, -0.2) is 13.1 Å². The van der Waals surface area contributed by atoms with Crippen molar-refractivity contribution in [1.29, 1.82) is 0 Å². The Morgan fingerprint density at radius 3 is 2.43 bits per heavy atom. The minimum absolute atomic E-state index is 0.0437. The van der Waals surface area contributed by atoms with Gasteiger partial charge in [0, 0.05) is 11.6 Å². The normalized spacial score (nSPS) is 11.2. The average Bonchev–Trinajstić information content (AvgIpc) is 2.78. The molecule has 114 valence electrons. The molecular formula is C13H16N2O5S. The topological polar surface area (TPSA) is 90.7 Å². The highest BCUT2D eigenvalue weighted by Crippen LogP contribution is 2.30. The van der Waals surface area contributed by atoms with Crippen molar-refractivity contribution in [3.05, 3.63) is 29.5 Å². The summed E-state index contributed by atoms with van der Waals surface area (Å²) in [7, 11) is -1.04. The maximum Gasteiger partial charge on any atom is 0.268 e. The van der Waals surface area contributed by atoms with Crippen molar-refractivity contribution in [2.24, 2.45) is 0 Å².